The lowest BCUT2D eigenvalue weighted by molar-refractivity contribution is -0.0564. The van der Waals surface area contributed by atoms with Gasteiger partial charge in [-0.25, -0.2) is 13.1 Å². The Kier molecular flexibility index (Phi) is 6.00. The number of rotatable bonds is 9. The minimum Gasteiger partial charge on any atom is -0.383 e. The topological polar surface area (TPSA) is 84.5 Å². The van der Waals surface area contributed by atoms with Crippen LogP contribution in [0, 0.1) is 23.2 Å². The summed E-state index contributed by atoms with van der Waals surface area (Å²) in [6, 6.07) is 6.21. The van der Waals surface area contributed by atoms with Crippen LogP contribution < -0.4 is 10.0 Å². The van der Waals surface area contributed by atoms with E-state index in [1.165, 1.54) is 57.8 Å². The van der Waals surface area contributed by atoms with Crippen molar-refractivity contribution in [2.75, 3.05) is 26.8 Å². The summed E-state index contributed by atoms with van der Waals surface area (Å²) in [7, 11) is -2.13. The van der Waals surface area contributed by atoms with Gasteiger partial charge in [0.1, 0.15) is 0 Å². The minimum absolute atomic E-state index is 0.0994. The van der Waals surface area contributed by atoms with Gasteiger partial charge in [-0.1, -0.05) is 6.07 Å². The lowest BCUT2D eigenvalue weighted by Crippen LogP contribution is -2.47. The highest BCUT2D eigenvalue weighted by Gasteiger charge is 2.50. The van der Waals surface area contributed by atoms with Crippen molar-refractivity contribution in [2.45, 2.75) is 49.8 Å². The quantitative estimate of drug-likeness (QED) is 0.602. The lowest BCUT2D eigenvalue weighted by Gasteiger charge is -2.57. The van der Waals surface area contributed by atoms with Crippen LogP contribution in [0.1, 0.15) is 55.3 Å². The third-order valence-corrected chi connectivity index (χ3v) is 8.57. The summed E-state index contributed by atoms with van der Waals surface area (Å²) in [5.41, 5.74) is 0.809. The van der Waals surface area contributed by atoms with Crippen LogP contribution in [0.25, 0.3) is 0 Å². The molecule has 4 bridgehead atoms. The number of sulfonamides is 1. The number of nitrogens with one attached hydrogen (secondary N) is 2. The van der Waals surface area contributed by atoms with Crippen molar-refractivity contribution in [1.29, 1.82) is 0 Å². The molecule has 2 N–H and O–H groups in total. The summed E-state index contributed by atoms with van der Waals surface area (Å²) < 4.78 is 32.1. The van der Waals surface area contributed by atoms with E-state index in [4.69, 9.17) is 4.74 Å². The van der Waals surface area contributed by atoms with Crippen LogP contribution in [-0.4, -0.2) is 41.1 Å². The summed E-state index contributed by atoms with van der Waals surface area (Å²) >= 11 is 0. The Bertz CT molecular complexity index is 817. The SMILES string of the molecule is COCCNS(=O)(=O)c1cccc(C(=O)NCCC23CC4CC(CC(C4)C2)C3)c1. The number of amides is 1. The molecule has 0 spiro atoms. The second-order valence-electron chi connectivity index (χ2n) is 9.34. The molecule has 0 atom stereocenters. The van der Waals surface area contributed by atoms with E-state index in [9.17, 15) is 13.2 Å². The van der Waals surface area contributed by atoms with Gasteiger partial charge in [0, 0.05) is 25.8 Å². The van der Waals surface area contributed by atoms with E-state index in [2.05, 4.69) is 10.0 Å². The molecular weight excluding hydrogens is 388 g/mol. The van der Waals surface area contributed by atoms with Crippen LogP contribution >= 0.6 is 0 Å². The Morgan fingerprint density at radius 2 is 1.76 bits per heavy atom. The van der Waals surface area contributed by atoms with Crippen molar-refractivity contribution in [3.8, 4) is 0 Å². The Morgan fingerprint density at radius 3 is 2.38 bits per heavy atom. The number of ether oxygens (including phenoxy) is 1. The van der Waals surface area contributed by atoms with Crippen molar-refractivity contribution in [3.05, 3.63) is 29.8 Å². The van der Waals surface area contributed by atoms with Gasteiger partial charge in [-0.05, 0) is 86.3 Å². The molecule has 4 aliphatic rings. The maximum absolute atomic E-state index is 12.6. The van der Waals surface area contributed by atoms with Crippen molar-refractivity contribution in [3.63, 3.8) is 0 Å². The zero-order chi connectivity index (χ0) is 20.5. The number of benzene rings is 1. The average Bonchev–Trinajstić information content (AvgIpc) is 2.67. The second kappa shape index (κ2) is 8.36. The fraction of sp³-hybridized carbons (Fsp3) is 0.682. The van der Waals surface area contributed by atoms with Gasteiger partial charge in [0.25, 0.3) is 5.91 Å². The first-order valence-electron chi connectivity index (χ1n) is 10.8. The molecule has 0 saturated heterocycles. The van der Waals surface area contributed by atoms with Gasteiger partial charge in [0.2, 0.25) is 10.0 Å². The molecule has 7 heteroatoms. The highest BCUT2D eigenvalue weighted by atomic mass is 32.2. The van der Waals surface area contributed by atoms with Gasteiger partial charge < -0.3 is 10.1 Å². The normalized spacial score (nSPS) is 30.4. The van der Waals surface area contributed by atoms with Crippen molar-refractivity contribution >= 4 is 15.9 Å². The van der Waals surface area contributed by atoms with Gasteiger partial charge in [0.05, 0.1) is 11.5 Å². The molecule has 4 fully saturated rings. The zero-order valence-electron chi connectivity index (χ0n) is 17.2. The van der Waals surface area contributed by atoms with Gasteiger partial charge >= 0.3 is 0 Å². The van der Waals surface area contributed by atoms with E-state index in [-0.39, 0.29) is 17.3 Å². The summed E-state index contributed by atoms with van der Waals surface area (Å²) in [6.45, 7) is 1.15. The Hall–Kier alpha value is -1.44. The lowest BCUT2D eigenvalue weighted by atomic mass is 9.49. The Balaban J connectivity index is 1.33. The van der Waals surface area contributed by atoms with Gasteiger partial charge in [0.15, 0.2) is 0 Å². The van der Waals surface area contributed by atoms with Gasteiger partial charge in [-0.2, -0.15) is 0 Å². The monoisotopic (exact) mass is 420 g/mol. The molecule has 4 saturated carbocycles. The molecule has 4 aliphatic carbocycles. The van der Waals surface area contributed by atoms with Gasteiger partial charge in [-0.15, -0.1) is 0 Å². The van der Waals surface area contributed by atoms with Crippen LogP contribution in [0.2, 0.25) is 0 Å². The Labute approximate surface area is 173 Å². The maximum atomic E-state index is 12.6. The average molecular weight is 421 g/mol. The first kappa shape index (κ1) is 20.8. The van der Waals surface area contributed by atoms with E-state index in [0.29, 0.717) is 24.1 Å². The molecule has 0 radical (unpaired) electrons. The second-order valence-corrected chi connectivity index (χ2v) is 11.1. The fourth-order valence-electron chi connectivity index (χ4n) is 6.31. The Morgan fingerprint density at radius 1 is 1.10 bits per heavy atom. The molecule has 160 valence electrons. The fourth-order valence-corrected chi connectivity index (χ4v) is 7.36. The molecule has 0 aromatic heterocycles. The van der Waals surface area contributed by atoms with Crippen molar-refractivity contribution < 1.29 is 17.9 Å². The minimum atomic E-state index is -3.65. The van der Waals surface area contributed by atoms with Crippen LogP contribution in [-0.2, 0) is 14.8 Å². The van der Waals surface area contributed by atoms with Crippen molar-refractivity contribution in [2.24, 2.45) is 23.2 Å². The molecule has 1 amide bonds. The smallest absolute Gasteiger partial charge is 0.251 e. The van der Waals surface area contributed by atoms with E-state index in [1.807, 2.05) is 0 Å². The molecule has 0 heterocycles. The molecule has 1 aromatic carbocycles. The van der Waals surface area contributed by atoms with Gasteiger partial charge in [-0.3, -0.25) is 4.79 Å². The first-order valence-corrected chi connectivity index (χ1v) is 12.2. The predicted molar refractivity (Wildman–Crippen MR) is 111 cm³/mol. The highest BCUT2D eigenvalue weighted by molar-refractivity contribution is 7.89. The molecule has 5 rings (SSSR count). The maximum Gasteiger partial charge on any atom is 0.251 e. The number of methoxy groups -OCH3 is 1. The molecule has 29 heavy (non-hydrogen) atoms. The molecule has 1 aromatic rings. The third kappa shape index (κ3) is 4.67. The highest BCUT2D eigenvalue weighted by Crippen LogP contribution is 2.61. The predicted octanol–water partition coefficient (Wildman–Crippen LogP) is 2.95. The first-order chi connectivity index (χ1) is 13.9. The van der Waals surface area contributed by atoms with E-state index in [1.54, 1.807) is 12.1 Å². The molecule has 0 unspecified atom stereocenters. The number of hydrogen-bond donors (Lipinski definition) is 2. The zero-order valence-corrected chi connectivity index (χ0v) is 18.0. The summed E-state index contributed by atoms with van der Waals surface area (Å²) in [5, 5.41) is 3.03. The van der Waals surface area contributed by atoms with Crippen molar-refractivity contribution in [1.82, 2.24) is 10.0 Å². The molecular formula is C22H32N2O4S. The largest absolute Gasteiger partial charge is 0.383 e. The molecule has 6 nitrogen and oxygen atoms in total. The number of carbonyl (C=O) groups is 1. The summed E-state index contributed by atoms with van der Waals surface area (Å²) in [6.07, 6.45) is 9.29. The third-order valence-electron chi connectivity index (χ3n) is 7.11. The van der Waals surface area contributed by atoms with E-state index in [0.717, 1.165) is 24.2 Å². The molecule has 0 aliphatic heterocycles. The summed E-state index contributed by atoms with van der Waals surface area (Å²) in [5.74, 6) is 2.52. The van der Waals surface area contributed by atoms with Crippen LogP contribution in [0.3, 0.4) is 0 Å². The van der Waals surface area contributed by atoms with Crippen LogP contribution in [0.5, 0.6) is 0 Å². The number of carbonyl (C=O) groups excluding carboxylic acids is 1. The van der Waals surface area contributed by atoms with Crippen LogP contribution in [0.4, 0.5) is 0 Å². The van der Waals surface area contributed by atoms with E-state index < -0.39 is 10.0 Å². The standard InChI is InChI=1S/C22H32N2O4S/c1-28-8-7-24-29(26,27)20-4-2-3-19(12-20)21(25)23-6-5-22-13-16-9-17(14-22)11-18(10-16)15-22/h2-4,12,16-18,24H,5-11,13-15H2,1H3,(H,23,25). The summed E-state index contributed by atoms with van der Waals surface area (Å²) in [4.78, 5) is 12.7. The van der Waals surface area contributed by atoms with E-state index >= 15 is 0 Å². The number of hydrogen-bond acceptors (Lipinski definition) is 4. The van der Waals surface area contributed by atoms with Crippen LogP contribution in [0.15, 0.2) is 29.2 Å².